The summed E-state index contributed by atoms with van der Waals surface area (Å²) in [6, 6.07) is 7.97. The van der Waals surface area contributed by atoms with E-state index in [0.29, 0.717) is 5.95 Å². The minimum atomic E-state index is 0.307. The van der Waals surface area contributed by atoms with Gasteiger partial charge in [0.1, 0.15) is 5.82 Å². The number of hydrogen-bond donors (Lipinski definition) is 3. The summed E-state index contributed by atoms with van der Waals surface area (Å²) in [6.45, 7) is 1.69. The predicted molar refractivity (Wildman–Crippen MR) is 79.3 cm³/mol. The number of nitrogens with zero attached hydrogens (tertiary/aromatic N) is 2. The van der Waals surface area contributed by atoms with Crippen molar-refractivity contribution in [1.29, 1.82) is 0 Å². The number of benzene rings is 1. The van der Waals surface area contributed by atoms with Crippen LogP contribution in [0, 0.1) is 0 Å². The molecule has 0 atom stereocenters. The summed E-state index contributed by atoms with van der Waals surface area (Å²) in [6.07, 6.45) is 0.911. The molecular formula is C13H14BrN5. The van der Waals surface area contributed by atoms with Gasteiger partial charge in [-0.3, -0.25) is 0 Å². The number of nitrogens with one attached hydrogen (secondary N) is 2. The van der Waals surface area contributed by atoms with Crippen LogP contribution >= 0.6 is 15.9 Å². The second-order valence-corrected chi connectivity index (χ2v) is 5.33. The highest BCUT2D eigenvalue weighted by atomic mass is 79.9. The Bertz CT molecular complexity index is 597. The van der Waals surface area contributed by atoms with E-state index in [-0.39, 0.29) is 0 Å². The molecule has 0 amide bonds. The Labute approximate surface area is 119 Å². The lowest BCUT2D eigenvalue weighted by atomic mass is 10.1. The molecule has 0 radical (unpaired) electrons. The van der Waals surface area contributed by atoms with E-state index < -0.39 is 0 Å². The van der Waals surface area contributed by atoms with Crippen molar-refractivity contribution in [3.8, 4) is 0 Å². The van der Waals surface area contributed by atoms with E-state index >= 15 is 0 Å². The number of hydrogen-bond acceptors (Lipinski definition) is 5. The molecule has 0 unspecified atom stereocenters. The van der Waals surface area contributed by atoms with Gasteiger partial charge in [-0.15, -0.1) is 0 Å². The molecule has 1 aromatic carbocycles. The highest BCUT2D eigenvalue weighted by Gasteiger charge is 2.16. The molecule has 1 aromatic heterocycles. The van der Waals surface area contributed by atoms with E-state index in [4.69, 9.17) is 5.73 Å². The maximum Gasteiger partial charge on any atom is 0.222 e. The first-order chi connectivity index (χ1) is 9.22. The summed E-state index contributed by atoms with van der Waals surface area (Å²) in [5, 5.41) is 6.61. The van der Waals surface area contributed by atoms with E-state index in [1.807, 2.05) is 24.3 Å². The highest BCUT2D eigenvalue weighted by molar-refractivity contribution is 9.10. The van der Waals surface area contributed by atoms with Crippen molar-refractivity contribution >= 4 is 33.4 Å². The Morgan fingerprint density at radius 2 is 2.00 bits per heavy atom. The lowest BCUT2D eigenvalue weighted by Crippen LogP contribution is -2.26. The van der Waals surface area contributed by atoms with Crippen LogP contribution in [0.25, 0.3) is 0 Å². The van der Waals surface area contributed by atoms with Crippen LogP contribution in [0.2, 0.25) is 0 Å². The molecule has 1 aliphatic heterocycles. The standard InChI is InChI=1S/C13H14BrN5/c14-8-1-3-9(4-2-8)17-12-10-5-6-16-7-11(10)18-13(15)19-12/h1-4,16H,5-7H2,(H3,15,17,18,19). The van der Waals surface area contributed by atoms with Gasteiger partial charge in [0.25, 0.3) is 0 Å². The van der Waals surface area contributed by atoms with Crippen LogP contribution in [0.1, 0.15) is 11.3 Å². The first-order valence-electron chi connectivity index (χ1n) is 6.11. The van der Waals surface area contributed by atoms with Gasteiger partial charge in [0.2, 0.25) is 5.95 Å². The molecule has 5 nitrogen and oxygen atoms in total. The molecule has 4 N–H and O–H groups in total. The van der Waals surface area contributed by atoms with Gasteiger partial charge in [-0.1, -0.05) is 15.9 Å². The summed E-state index contributed by atoms with van der Waals surface area (Å²) in [7, 11) is 0. The Kier molecular flexibility index (Phi) is 3.35. The van der Waals surface area contributed by atoms with Crippen molar-refractivity contribution in [2.24, 2.45) is 0 Å². The molecular weight excluding hydrogens is 306 g/mol. The molecule has 0 saturated heterocycles. The van der Waals surface area contributed by atoms with E-state index in [1.165, 1.54) is 0 Å². The SMILES string of the molecule is Nc1nc2c(c(Nc3ccc(Br)cc3)n1)CCNC2. The van der Waals surface area contributed by atoms with Gasteiger partial charge in [-0.25, -0.2) is 4.98 Å². The van der Waals surface area contributed by atoms with Crippen molar-refractivity contribution in [2.45, 2.75) is 13.0 Å². The molecule has 0 spiro atoms. The summed E-state index contributed by atoms with van der Waals surface area (Å²) >= 11 is 3.42. The average molecular weight is 320 g/mol. The number of nitrogen functional groups attached to an aromatic ring is 1. The fourth-order valence-electron chi connectivity index (χ4n) is 2.15. The number of aromatic nitrogens is 2. The fraction of sp³-hybridized carbons (Fsp3) is 0.231. The molecule has 3 rings (SSSR count). The first kappa shape index (κ1) is 12.4. The van der Waals surface area contributed by atoms with Crippen LogP contribution in [0.15, 0.2) is 28.7 Å². The number of nitrogens with two attached hydrogens (primary N) is 1. The average Bonchev–Trinajstić information content (AvgIpc) is 2.41. The molecule has 0 fully saturated rings. The van der Waals surface area contributed by atoms with Crippen LogP contribution in [0.3, 0.4) is 0 Å². The minimum Gasteiger partial charge on any atom is -0.368 e. The molecule has 19 heavy (non-hydrogen) atoms. The number of fused-ring (bicyclic) bond motifs is 1. The van der Waals surface area contributed by atoms with Crippen LogP contribution in [-0.4, -0.2) is 16.5 Å². The van der Waals surface area contributed by atoms with Gasteiger partial charge >= 0.3 is 0 Å². The highest BCUT2D eigenvalue weighted by Crippen LogP contribution is 2.25. The van der Waals surface area contributed by atoms with Crippen molar-refractivity contribution in [1.82, 2.24) is 15.3 Å². The molecule has 98 valence electrons. The first-order valence-corrected chi connectivity index (χ1v) is 6.90. The van der Waals surface area contributed by atoms with Crippen LogP contribution in [0.4, 0.5) is 17.5 Å². The largest absolute Gasteiger partial charge is 0.368 e. The smallest absolute Gasteiger partial charge is 0.222 e. The number of halogens is 1. The Morgan fingerprint density at radius 1 is 1.21 bits per heavy atom. The van der Waals surface area contributed by atoms with E-state index in [2.05, 4.69) is 36.5 Å². The topological polar surface area (TPSA) is 75.9 Å². The van der Waals surface area contributed by atoms with E-state index in [0.717, 1.165) is 46.7 Å². The second kappa shape index (κ2) is 5.14. The van der Waals surface area contributed by atoms with Crippen LogP contribution in [-0.2, 0) is 13.0 Å². The van der Waals surface area contributed by atoms with E-state index in [1.54, 1.807) is 0 Å². The number of anilines is 3. The molecule has 2 heterocycles. The predicted octanol–water partition coefficient (Wildman–Crippen LogP) is 2.21. The van der Waals surface area contributed by atoms with Gasteiger partial charge in [0, 0.05) is 22.3 Å². The van der Waals surface area contributed by atoms with Crippen molar-refractivity contribution in [2.75, 3.05) is 17.6 Å². The fourth-order valence-corrected chi connectivity index (χ4v) is 2.42. The molecule has 6 heteroatoms. The van der Waals surface area contributed by atoms with Crippen molar-refractivity contribution in [3.05, 3.63) is 40.0 Å². The summed E-state index contributed by atoms with van der Waals surface area (Å²) in [4.78, 5) is 8.61. The molecule has 0 aliphatic carbocycles. The van der Waals surface area contributed by atoms with Gasteiger partial charge in [0.15, 0.2) is 0 Å². The molecule has 0 bridgehead atoms. The Morgan fingerprint density at radius 3 is 2.79 bits per heavy atom. The van der Waals surface area contributed by atoms with E-state index in [9.17, 15) is 0 Å². The lowest BCUT2D eigenvalue weighted by Gasteiger charge is -2.19. The third-order valence-corrected chi connectivity index (χ3v) is 3.59. The maximum atomic E-state index is 5.76. The molecule has 2 aromatic rings. The van der Waals surface area contributed by atoms with Crippen LogP contribution in [0.5, 0.6) is 0 Å². The van der Waals surface area contributed by atoms with Crippen LogP contribution < -0.4 is 16.4 Å². The van der Waals surface area contributed by atoms with Gasteiger partial charge < -0.3 is 16.4 Å². The zero-order valence-corrected chi connectivity index (χ0v) is 11.9. The molecule has 0 saturated carbocycles. The second-order valence-electron chi connectivity index (χ2n) is 4.41. The summed E-state index contributed by atoms with van der Waals surface area (Å²) < 4.78 is 1.05. The zero-order valence-electron chi connectivity index (χ0n) is 10.3. The summed E-state index contributed by atoms with van der Waals surface area (Å²) in [5.74, 6) is 1.12. The zero-order chi connectivity index (χ0) is 13.2. The maximum absolute atomic E-state index is 5.76. The minimum absolute atomic E-state index is 0.307. The lowest BCUT2D eigenvalue weighted by molar-refractivity contribution is 0.626. The number of rotatable bonds is 2. The van der Waals surface area contributed by atoms with Crippen molar-refractivity contribution < 1.29 is 0 Å². The van der Waals surface area contributed by atoms with Gasteiger partial charge in [0.05, 0.1) is 5.69 Å². The molecule has 1 aliphatic rings. The van der Waals surface area contributed by atoms with Gasteiger partial charge in [-0.05, 0) is 37.2 Å². The van der Waals surface area contributed by atoms with Crippen molar-refractivity contribution in [3.63, 3.8) is 0 Å². The third-order valence-electron chi connectivity index (χ3n) is 3.06. The quantitative estimate of drug-likeness (QED) is 0.791. The van der Waals surface area contributed by atoms with Gasteiger partial charge in [-0.2, -0.15) is 4.98 Å². The summed E-state index contributed by atoms with van der Waals surface area (Å²) in [5.41, 5.74) is 8.88. The monoisotopic (exact) mass is 319 g/mol. The Balaban J connectivity index is 1.95. The Hall–Kier alpha value is -1.66. The normalized spacial score (nSPS) is 13.9. The third kappa shape index (κ3) is 2.69.